The molecule has 0 amide bonds. The summed E-state index contributed by atoms with van der Waals surface area (Å²) in [6.07, 6.45) is 2.55. The quantitative estimate of drug-likeness (QED) is 0.873. The third-order valence-electron chi connectivity index (χ3n) is 4.17. The lowest BCUT2D eigenvalue weighted by molar-refractivity contribution is -0.140. The fourth-order valence-corrected chi connectivity index (χ4v) is 2.82. The minimum atomic E-state index is -0.741. The molecule has 1 unspecified atom stereocenters. The van der Waals surface area contributed by atoms with E-state index in [4.69, 9.17) is 5.11 Å². The van der Waals surface area contributed by atoms with Gasteiger partial charge in [0.15, 0.2) is 0 Å². The Morgan fingerprint density at radius 3 is 2.24 bits per heavy atom. The van der Waals surface area contributed by atoms with E-state index in [0.717, 1.165) is 18.8 Å². The summed E-state index contributed by atoms with van der Waals surface area (Å²) in [4.78, 5) is 15.6. The molecule has 21 heavy (non-hydrogen) atoms. The second-order valence-corrected chi connectivity index (χ2v) is 6.20. The fourth-order valence-electron chi connectivity index (χ4n) is 2.82. The molecule has 1 aromatic carbocycles. The van der Waals surface area contributed by atoms with E-state index in [9.17, 15) is 4.79 Å². The fraction of sp³-hybridized carbons (Fsp3) is 0.588. The number of nitrogens with zero attached hydrogens (tertiary/aromatic N) is 2. The summed E-state index contributed by atoms with van der Waals surface area (Å²) in [6, 6.07) is 8.82. The smallest absolute Gasteiger partial charge is 0.308 e. The molecule has 1 aliphatic rings. The molecule has 1 fully saturated rings. The third kappa shape index (κ3) is 3.90. The predicted molar refractivity (Wildman–Crippen MR) is 87.2 cm³/mol. The first kappa shape index (κ1) is 15.7. The van der Waals surface area contributed by atoms with Gasteiger partial charge in [0.2, 0.25) is 0 Å². The average molecular weight is 290 g/mol. The van der Waals surface area contributed by atoms with Gasteiger partial charge in [0, 0.05) is 37.1 Å². The number of carboxylic acids is 1. The van der Waals surface area contributed by atoms with E-state index in [1.54, 1.807) is 6.92 Å². The SMILES string of the molecule is CC(CN(c1ccc(N2CCCC2)cc1)C(C)C)C(=O)O. The lowest BCUT2D eigenvalue weighted by atomic mass is 10.1. The van der Waals surface area contributed by atoms with Gasteiger partial charge in [0.1, 0.15) is 0 Å². The van der Waals surface area contributed by atoms with Crippen LogP contribution in [0.15, 0.2) is 24.3 Å². The molecule has 0 bridgehead atoms. The van der Waals surface area contributed by atoms with E-state index in [0.29, 0.717) is 6.54 Å². The summed E-state index contributed by atoms with van der Waals surface area (Å²) < 4.78 is 0. The van der Waals surface area contributed by atoms with Gasteiger partial charge < -0.3 is 14.9 Å². The predicted octanol–water partition coefficient (Wildman–Crippen LogP) is 3.22. The van der Waals surface area contributed by atoms with Gasteiger partial charge in [-0.3, -0.25) is 4.79 Å². The van der Waals surface area contributed by atoms with Crippen LogP contribution in [-0.4, -0.2) is 36.8 Å². The first-order chi connectivity index (χ1) is 9.99. The van der Waals surface area contributed by atoms with Crippen LogP contribution in [0.5, 0.6) is 0 Å². The van der Waals surface area contributed by atoms with E-state index in [1.165, 1.54) is 18.5 Å². The molecule has 2 rings (SSSR count). The number of aliphatic carboxylic acids is 1. The van der Waals surface area contributed by atoms with Crippen LogP contribution in [0.2, 0.25) is 0 Å². The molecule has 4 nitrogen and oxygen atoms in total. The summed E-state index contributed by atoms with van der Waals surface area (Å²) in [7, 11) is 0. The van der Waals surface area contributed by atoms with Crippen LogP contribution in [0.25, 0.3) is 0 Å². The number of hydrogen-bond donors (Lipinski definition) is 1. The standard InChI is InChI=1S/C17H26N2O2/c1-13(2)19(12-14(3)17(20)21)16-8-6-15(7-9-16)18-10-4-5-11-18/h6-9,13-14H,4-5,10-12H2,1-3H3,(H,20,21). The highest BCUT2D eigenvalue weighted by atomic mass is 16.4. The first-order valence-corrected chi connectivity index (χ1v) is 7.83. The summed E-state index contributed by atoms with van der Waals surface area (Å²) in [6.45, 7) is 8.78. The Labute approximate surface area is 127 Å². The Kier molecular flexibility index (Phi) is 5.10. The van der Waals surface area contributed by atoms with Gasteiger partial charge in [-0.05, 0) is 51.0 Å². The molecule has 0 saturated carbocycles. The van der Waals surface area contributed by atoms with E-state index in [2.05, 4.69) is 47.9 Å². The lowest BCUT2D eigenvalue weighted by Gasteiger charge is -2.31. The molecule has 0 aliphatic carbocycles. The Hall–Kier alpha value is -1.71. The van der Waals surface area contributed by atoms with Gasteiger partial charge in [0.25, 0.3) is 0 Å². The Balaban J connectivity index is 2.11. The monoisotopic (exact) mass is 290 g/mol. The van der Waals surface area contributed by atoms with Crippen LogP contribution < -0.4 is 9.80 Å². The zero-order chi connectivity index (χ0) is 15.4. The molecule has 1 aliphatic heterocycles. The molecule has 1 atom stereocenters. The second-order valence-electron chi connectivity index (χ2n) is 6.20. The van der Waals surface area contributed by atoms with E-state index in [1.807, 2.05) is 0 Å². The molecule has 1 heterocycles. The van der Waals surface area contributed by atoms with Gasteiger partial charge in [-0.1, -0.05) is 6.92 Å². The van der Waals surface area contributed by atoms with Crippen molar-refractivity contribution in [2.75, 3.05) is 29.4 Å². The van der Waals surface area contributed by atoms with Gasteiger partial charge in [-0.25, -0.2) is 0 Å². The maximum absolute atomic E-state index is 11.1. The van der Waals surface area contributed by atoms with Crippen LogP contribution in [-0.2, 0) is 4.79 Å². The number of rotatable bonds is 6. The van der Waals surface area contributed by atoms with Crippen molar-refractivity contribution in [2.45, 2.75) is 39.7 Å². The normalized spacial score (nSPS) is 16.3. The van der Waals surface area contributed by atoms with Gasteiger partial charge >= 0.3 is 5.97 Å². The van der Waals surface area contributed by atoms with Crippen molar-refractivity contribution in [3.63, 3.8) is 0 Å². The zero-order valence-corrected chi connectivity index (χ0v) is 13.2. The van der Waals surface area contributed by atoms with Crippen LogP contribution in [0.3, 0.4) is 0 Å². The molecule has 0 aromatic heterocycles. The van der Waals surface area contributed by atoms with Gasteiger partial charge in [-0.15, -0.1) is 0 Å². The lowest BCUT2D eigenvalue weighted by Crippen LogP contribution is -2.37. The van der Waals surface area contributed by atoms with Crippen molar-refractivity contribution in [1.29, 1.82) is 0 Å². The molecule has 1 saturated heterocycles. The average Bonchev–Trinajstić information content (AvgIpc) is 2.98. The summed E-state index contributed by atoms with van der Waals surface area (Å²) in [5.74, 6) is -1.11. The largest absolute Gasteiger partial charge is 0.481 e. The Bertz CT molecular complexity index is 464. The summed E-state index contributed by atoms with van der Waals surface area (Å²) in [5.41, 5.74) is 2.37. The Morgan fingerprint density at radius 1 is 1.19 bits per heavy atom. The van der Waals surface area contributed by atoms with Crippen LogP contribution >= 0.6 is 0 Å². The van der Waals surface area contributed by atoms with Gasteiger partial charge in [0.05, 0.1) is 5.92 Å². The minimum Gasteiger partial charge on any atom is -0.481 e. The van der Waals surface area contributed by atoms with Crippen molar-refractivity contribution in [1.82, 2.24) is 0 Å². The number of benzene rings is 1. The molecule has 0 radical (unpaired) electrons. The van der Waals surface area contributed by atoms with Gasteiger partial charge in [-0.2, -0.15) is 0 Å². The summed E-state index contributed by atoms with van der Waals surface area (Å²) in [5, 5.41) is 9.11. The molecule has 0 spiro atoms. The first-order valence-electron chi connectivity index (χ1n) is 7.83. The van der Waals surface area contributed by atoms with E-state index < -0.39 is 5.97 Å². The number of hydrogen-bond acceptors (Lipinski definition) is 3. The number of anilines is 2. The maximum atomic E-state index is 11.1. The molecular weight excluding hydrogens is 264 g/mol. The van der Waals surface area contributed by atoms with Crippen molar-refractivity contribution in [3.05, 3.63) is 24.3 Å². The summed E-state index contributed by atoms with van der Waals surface area (Å²) >= 11 is 0. The van der Waals surface area contributed by atoms with E-state index >= 15 is 0 Å². The Morgan fingerprint density at radius 2 is 1.76 bits per heavy atom. The van der Waals surface area contributed by atoms with Crippen molar-refractivity contribution >= 4 is 17.3 Å². The van der Waals surface area contributed by atoms with Crippen LogP contribution in [0, 0.1) is 5.92 Å². The minimum absolute atomic E-state index is 0.282. The molecule has 1 N–H and O–H groups in total. The molecule has 4 heteroatoms. The van der Waals surface area contributed by atoms with Crippen molar-refractivity contribution in [3.8, 4) is 0 Å². The van der Waals surface area contributed by atoms with Crippen LogP contribution in [0.4, 0.5) is 11.4 Å². The van der Waals surface area contributed by atoms with Crippen molar-refractivity contribution in [2.24, 2.45) is 5.92 Å². The highest BCUT2D eigenvalue weighted by Gasteiger charge is 2.19. The van der Waals surface area contributed by atoms with Crippen molar-refractivity contribution < 1.29 is 9.90 Å². The third-order valence-corrected chi connectivity index (χ3v) is 4.17. The highest BCUT2D eigenvalue weighted by Crippen LogP contribution is 2.25. The number of carboxylic acid groups (broad SMARTS) is 1. The highest BCUT2D eigenvalue weighted by molar-refractivity contribution is 5.70. The molecule has 116 valence electrons. The topological polar surface area (TPSA) is 43.8 Å². The number of carbonyl (C=O) groups is 1. The maximum Gasteiger partial charge on any atom is 0.308 e. The molecule has 1 aromatic rings. The van der Waals surface area contributed by atoms with Crippen LogP contribution in [0.1, 0.15) is 33.6 Å². The second kappa shape index (κ2) is 6.83. The zero-order valence-electron chi connectivity index (χ0n) is 13.2. The van der Waals surface area contributed by atoms with E-state index in [-0.39, 0.29) is 12.0 Å². The molecular formula is C17H26N2O2.